The van der Waals surface area contributed by atoms with Crippen molar-refractivity contribution in [1.82, 2.24) is 0 Å². The van der Waals surface area contributed by atoms with Gasteiger partial charge in [-0.1, -0.05) is 83.1 Å². The predicted molar refractivity (Wildman–Crippen MR) is 176 cm³/mol. The molecule has 0 aromatic carbocycles. The summed E-state index contributed by atoms with van der Waals surface area (Å²) in [7, 11) is -8.71. The lowest BCUT2D eigenvalue weighted by molar-refractivity contribution is -0.0711. The van der Waals surface area contributed by atoms with Crippen molar-refractivity contribution in [2.45, 2.75) is 174 Å². The smallest absolute Gasteiger partial charge is 0.192 e. The Labute approximate surface area is 242 Å². The molecule has 0 aliphatic rings. The highest BCUT2D eigenvalue weighted by atomic mass is 28.4. The van der Waals surface area contributed by atoms with Crippen molar-refractivity contribution in [3.8, 4) is 0 Å². The Morgan fingerprint density at radius 1 is 0.474 bits per heavy atom. The van der Waals surface area contributed by atoms with Crippen molar-refractivity contribution >= 4 is 33.3 Å². The molecular weight excluding hydrogens is 541 g/mol. The minimum Gasteiger partial charge on any atom is -0.414 e. The van der Waals surface area contributed by atoms with E-state index in [9.17, 15) is 5.11 Å². The second-order valence-corrected chi connectivity index (χ2v) is 36.5. The molecule has 0 rings (SSSR count). The summed E-state index contributed by atoms with van der Waals surface area (Å²) >= 11 is 0. The van der Waals surface area contributed by atoms with Gasteiger partial charge in [0.05, 0.1) is 31.5 Å². The molecule has 0 saturated carbocycles. The van der Waals surface area contributed by atoms with Crippen LogP contribution in [0.25, 0.3) is 0 Å². The zero-order valence-electron chi connectivity index (χ0n) is 29.2. The quantitative estimate of drug-likeness (QED) is 0.224. The van der Waals surface area contributed by atoms with Crippen molar-refractivity contribution < 1.29 is 22.8 Å². The maximum absolute atomic E-state index is 10.8. The molecule has 5 nitrogen and oxygen atoms in total. The van der Waals surface area contributed by atoms with Crippen molar-refractivity contribution in [3.63, 3.8) is 0 Å². The van der Waals surface area contributed by atoms with Gasteiger partial charge in [-0.2, -0.15) is 0 Å². The van der Waals surface area contributed by atoms with Gasteiger partial charge in [0, 0.05) is 0 Å². The van der Waals surface area contributed by atoms with Crippen LogP contribution >= 0.6 is 0 Å². The summed E-state index contributed by atoms with van der Waals surface area (Å²) in [5.41, 5.74) is 0. The summed E-state index contributed by atoms with van der Waals surface area (Å²) < 4.78 is 28.1. The first kappa shape index (κ1) is 38.7. The van der Waals surface area contributed by atoms with E-state index < -0.39 is 45.5 Å². The fourth-order valence-electron chi connectivity index (χ4n) is 2.93. The van der Waals surface area contributed by atoms with Crippen LogP contribution in [0.4, 0.5) is 0 Å². The van der Waals surface area contributed by atoms with Crippen LogP contribution in [0, 0.1) is 0 Å². The van der Waals surface area contributed by atoms with Crippen LogP contribution < -0.4 is 0 Å². The summed E-state index contributed by atoms with van der Waals surface area (Å²) in [6.07, 6.45) is -1.24. The second kappa shape index (κ2) is 12.5. The molecular formula is C29H68O5Si4. The molecule has 38 heavy (non-hydrogen) atoms. The van der Waals surface area contributed by atoms with Crippen LogP contribution in [-0.2, 0) is 17.7 Å². The van der Waals surface area contributed by atoms with E-state index in [-0.39, 0.29) is 32.9 Å². The Balaban J connectivity index is 6.91. The third-order valence-corrected chi connectivity index (χ3v) is 28.1. The molecule has 0 amide bonds. The highest BCUT2D eigenvalue weighted by Crippen LogP contribution is 2.44. The number of rotatable bonds is 12. The van der Waals surface area contributed by atoms with Crippen molar-refractivity contribution in [3.05, 3.63) is 0 Å². The summed E-state index contributed by atoms with van der Waals surface area (Å²) in [5, 5.41) is 11.0. The predicted octanol–water partition coefficient (Wildman–Crippen LogP) is 9.17. The van der Waals surface area contributed by atoms with E-state index in [0.717, 1.165) is 0 Å². The molecule has 0 fully saturated rings. The van der Waals surface area contributed by atoms with E-state index in [2.05, 4.69) is 135 Å². The van der Waals surface area contributed by atoms with Crippen LogP contribution in [0.2, 0.25) is 72.5 Å². The maximum Gasteiger partial charge on any atom is 0.192 e. The van der Waals surface area contributed by atoms with Crippen LogP contribution in [-0.4, -0.2) is 69.9 Å². The van der Waals surface area contributed by atoms with Gasteiger partial charge in [-0.3, -0.25) is 0 Å². The Hall–Kier alpha value is 0.668. The molecule has 0 aromatic rings. The highest BCUT2D eigenvalue weighted by Gasteiger charge is 2.50. The standard InChI is InChI=1S/C29H68O5Si4/c1-26(2,3)35(13,14)31-22-24(33-37(17,18)28(7,8)9)25(34-38(19,20)29(10,11)12)23(21-30)32-36(15,16)27(4,5)6/h23-25,30H,21-22H2,1-20H3/t23-,24+,25-/m1/s1. The molecule has 0 heterocycles. The lowest BCUT2D eigenvalue weighted by atomic mass is 10.1. The van der Waals surface area contributed by atoms with E-state index in [0.29, 0.717) is 6.61 Å². The molecule has 230 valence electrons. The van der Waals surface area contributed by atoms with Gasteiger partial charge < -0.3 is 22.8 Å². The number of hydrogen-bond acceptors (Lipinski definition) is 5. The van der Waals surface area contributed by atoms with Gasteiger partial charge in [0.25, 0.3) is 0 Å². The fraction of sp³-hybridized carbons (Fsp3) is 1.00. The second-order valence-electron chi connectivity index (χ2n) is 17.4. The average molecular weight is 609 g/mol. The highest BCUT2D eigenvalue weighted by molar-refractivity contribution is 6.75. The molecule has 0 saturated heterocycles. The molecule has 0 radical (unpaired) electrons. The zero-order valence-corrected chi connectivity index (χ0v) is 33.2. The van der Waals surface area contributed by atoms with Crippen LogP contribution in [0.1, 0.15) is 83.1 Å². The topological polar surface area (TPSA) is 57.2 Å². The molecule has 0 unspecified atom stereocenters. The van der Waals surface area contributed by atoms with Gasteiger partial charge in [0.2, 0.25) is 0 Å². The molecule has 3 atom stereocenters. The molecule has 9 heteroatoms. The largest absolute Gasteiger partial charge is 0.414 e. The van der Waals surface area contributed by atoms with E-state index in [1.165, 1.54) is 0 Å². The number of aliphatic hydroxyl groups is 1. The third-order valence-electron chi connectivity index (χ3n) is 10.1. The molecule has 0 aromatic heterocycles. The Bertz CT molecular complexity index is 738. The van der Waals surface area contributed by atoms with Gasteiger partial charge in [0.15, 0.2) is 33.3 Å². The Kier molecular flexibility index (Phi) is 12.7. The van der Waals surface area contributed by atoms with Gasteiger partial charge >= 0.3 is 0 Å². The fourth-order valence-corrected chi connectivity index (χ4v) is 7.91. The monoisotopic (exact) mass is 608 g/mol. The zero-order chi connectivity index (χ0) is 31.0. The minimum atomic E-state index is -2.25. The van der Waals surface area contributed by atoms with Gasteiger partial charge in [0.1, 0.15) is 0 Å². The summed E-state index contributed by atoms with van der Waals surface area (Å²) in [6.45, 7) is 45.6. The van der Waals surface area contributed by atoms with Crippen LogP contribution in [0.15, 0.2) is 0 Å². The molecule has 0 aliphatic carbocycles. The summed E-state index contributed by atoms with van der Waals surface area (Å²) in [4.78, 5) is 0. The van der Waals surface area contributed by atoms with Gasteiger partial charge in [-0.05, 0) is 72.5 Å². The van der Waals surface area contributed by atoms with E-state index in [1.54, 1.807) is 0 Å². The molecule has 0 aliphatic heterocycles. The Morgan fingerprint density at radius 3 is 1.05 bits per heavy atom. The van der Waals surface area contributed by atoms with E-state index >= 15 is 0 Å². The van der Waals surface area contributed by atoms with E-state index in [4.69, 9.17) is 17.7 Å². The maximum atomic E-state index is 10.8. The van der Waals surface area contributed by atoms with Crippen LogP contribution in [0.5, 0.6) is 0 Å². The number of hydrogen-bond donors (Lipinski definition) is 1. The molecule has 0 spiro atoms. The first-order valence-corrected chi connectivity index (χ1v) is 26.2. The van der Waals surface area contributed by atoms with Crippen molar-refractivity contribution in [2.24, 2.45) is 0 Å². The first-order valence-electron chi connectivity index (χ1n) is 14.6. The van der Waals surface area contributed by atoms with Gasteiger partial charge in [-0.25, -0.2) is 0 Å². The minimum absolute atomic E-state index is 0.00401. The lowest BCUT2D eigenvalue weighted by Crippen LogP contribution is -2.60. The third kappa shape index (κ3) is 10.2. The molecule has 1 N–H and O–H groups in total. The SMILES string of the molecule is CC(C)(C)[Si](C)(C)OC[C@H](O[Si](C)(C)C(C)(C)C)[C@H](O[Si](C)(C)C(C)(C)C)[C@@H](CO)O[Si](C)(C)C(C)(C)C. The van der Waals surface area contributed by atoms with E-state index in [1.807, 2.05) is 0 Å². The normalized spacial score (nSPS) is 17.9. The summed E-state index contributed by atoms with van der Waals surface area (Å²) in [6, 6.07) is 0. The van der Waals surface area contributed by atoms with Crippen molar-refractivity contribution in [2.75, 3.05) is 13.2 Å². The van der Waals surface area contributed by atoms with Gasteiger partial charge in [-0.15, -0.1) is 0 Å². The number of aliphatic hydroxyl groups excluding tert-OH is 1. The van der Waals surface area contributed by atoms with Crippen molar-refractivity contribution in [1.29, 1.82) is 0 Å². The van der Waals surface area contributed by atoms with Crippen LogP contribution in [0.3, 0.4) is 0 Å². The molecule has 0 bridgehead atoms. The summed E-state index contributed by atoms with van der Waals surface area (Å²) in [5.74, 6) is 0. The lowest BCUT2D eigenvalue weighted by Gasteiger charge is -2.49. The first-order chi connectivity index (χ1) is 16.3. The average Bonchev–Trinajstić information content (AvgIpc) is 2.64. The Morgan fingerprint density at radius 2 is 0.763 bits per heavy atom.